The molecule has 0 aliphatic heterocycles. The van der Waals surface area contributed by atoms with Gasteiger partial charge in [-0.25, -0.2) is 13.6 Å². The van der Waals surface area contributed by atoms with Gasteiger partial charge >= 0.3 is 0 Å². The fourth-order valence-electron chi connectivity index (χ4n) is 1.20. The minimum absolute atomic E-state index is 0.00444. The molecule has 5 heteroatoms. The van der Waals surface area contributed by atoms with E-state index < -0.39 is 15.3 Å². The topological polar surface area (TPSA) is 60.2 Å². The normalized spacial score (nSPS) is 15.7. The molecule has 2 N–H and O–H groups in total. The lowest BCUT2D eigenvalue weighted by molar-refractivity contribution is 0.584. The first-order valence-corrected chi connectivity index (χ1v) is 7.74. The van der Waals surface area contributed by atoms with E-state index in [2.05, 4.69) is 0 Å². The Morgan fingerprint density at radius 1 is 1.25 bits per heavy atom. The average molecular weight is 259 g/mol. The summed E-state index contributed by atoms with van der Waals surface area (Å²) in [6.07, 6.45) is 0. The molecular weight excluding hydrogens is 242 g/mol. The van der Waals surface area contributed by atoms with Gasteiger partial charge in [0.05, 0.1) is 5.25 Å². The van der Waals surface area contributed by atoms with Crippen LogP contribution in [0.15, 0.2) is 30.3 Å². The minimum Gasteiger partial charge on any atom is -0.228 e. The molecule has 0 aromatic heterocycles. The molecule has 3 nitrogen and oxygen atoms in total. The standard InChI is InChI=1S/C11H17NO2S2/c1-9(10(2)16(12,13)14)15-8-11-6-4-3-5-7-11/h3-7,9-10H,8H2,1-2H3,(H2,12,13,14). The van der Waals surface area contributed by atoms with Crippen molar-refractivity contribution < 1.29 is 8.42 Å². The molecule has 0 radical (unpaired) electrons. The molecule has 90 valence electrons. The zero-order valence-electron chi connectivity index (χ0n) is 9.46. The fraction of sp³-hybridized carbons (Fsp3) is 0.455. The second-order valence-corrected chi connectivity index (χ2v) is 7.08. The SMILES string of the molecule is CC(SCc1ccccc1)C(C)S(N)(=O)=O. The Labute approximate surface area is 101 Å². The van der Waals surface area contributed by atoms with Gasteiger partial charge in [0.1, 0.15) is 0 Å². The summed E-state index contributed by atoms with van der Waals surface area (Å²) < 4.78 is 22.3. The van der Waals surface area contributed by atoms with Gasteiger partial charge in [0.25, 0.3) is 0 Å². The highest BCUT2D eigenvalue weighted by molar-refractivity contribution is 8.00. The van der Waals surface area contributed by atoms with Crippen LogP contribution in [0.25, 0.3) is 0 Å². The highest BCUT2D eigenvalue weighted by Crippen LogP contribution is 2.22. The van der Waals surface area contributed by atoms with E-state index in [9.17, 15) is 8.42 Å². The van der Waals surface area contributed by atoms with Crippen LogP contribution in [0.2, 0.25) is 0 Å². The molecule has 1 aromatic rings. The van der Waals surface area contributed by atoms with Crippen molar-refractivity contribution in [2.75, 3.05) is 0 Å². The molecule has 0 aliphatic rings. The maximum atomic E-state index is 11.1. The van der Waals surface area contributed by atoms with Crippen LogP contribution in [-0.2, 0) is 15.8 Å². The molecule has 0 spiro atoms. The largest absolute Gasteiger partial charge is 0.228 e. The lowest BCUT2D eigenvalue weighted by Gasteiger charge is -2.17. The summed E-state index contributed by atoms with van der Waals surface area (Å²) in [5, 5.41) is 4.59. The van der Waals surface area contributed by atoms with Crippen LogP contribution in [0.4, 0.5) is 0 Å². The molecule has 0 amide bonds. The van der Waals surface area contributed by atoms with Crippen molar-refractivity contribution in [1.29, 1.82) is 0 Å². The van der Waals surface area contributed by atoms with Gasteiger partial charge in [-0.1, -0.05) is 37.3 Å². The van der Waals surface area contributed by atoms with Gasteiger partial charge in [0.2, 0.25) is 10.0 Å². The van der Waals surface area contributed by atoms with E-state index in [1.54, 1.807) is 18.7 Å². The third-order valence-corrected chi connectivity index (χ3v) is 5.59. The van der Waals surface area contributed by atoms with Gasteiger partial charge in [-0.05, 0) is 12.5 Å². The summed E-state index contributed by atoms with van der Waals surface area (Å²) in [6.45, 7) is 3.54. The average Bonchev–Trinajstić information content (AvgIpc) is 2.25. The number of nitrogens with two attached hydrogens (primary N) is 1. The van der Waals surface area contributed by atoms with Crippen molar-refractivity contribution in [2.45, 2.75) is 30.1 Å². The van der Waals surface area contributed by atoms with E-state index in [0.29, 0.717) is 0 Å². The van der Waals surface area contributed by atoms with E-state index in [4.69, 9.17) is 5.14 Å². The Kier molecular flexibility index (Phi) is 4.83. The van der Waals surface area contributed by atoms with Crippen LogP contribution in [0.3, 0.4) is 0 Å². The smallest absolute Gasteiger partial charge is 0.212 e. The first-order valence-electron chi connectivity index (χ1n) is 5.08. The second kappa shape index (κ2) is 5.70. The van der Waals surface area contributed by atoms with Gasteiger partial charge < -0.3 is 0 Å². The first kappa shape index (κ1) is 13.5. The predicted molar refractivity (Wildman–Crippen MR) is 69.8 cm³/mol. The zero-order chi connectivity index (χ0) is 12.2. The summed E-state index contributed by atoms with van der Waals surface area (Å²) in [6, 6.07) is 9.97. The number of hydrogen-bond acceptors (Lipinski definition) is 3. The van der Waals surface area contributed by atoms with E-state index >= 15 is 0 Å². The van der Waals surface area contributed by atoms with Crippen LogP contribution in [0.5, 0.6) is 0 Å². The maximum Gasteiger partial charge on any atom is 0.212 e. The number of primary sulfonamides is 1. The first-order chi connectivity index (χ1) is 7.41. The lowest BCUT2D eigenvalue weighted by atomic mass is 10.2. The molecule has 16 heavy (non-hydrogen) atoms. The Balaban J connectivity index is 2.51. The number of sulfonamides is 1. The van der Waals surface area contributed by atoms with Gasteiger partial charge in [-0.3, -0.25) is 0 Å². The van der Waals surface area contributed by atoms with Crippen LogP contribution >= 0.6 is 11.8 Å². The molecule has 2 atom stereocenters. The number of thioether (sulfide) groups is 1. The van der Waals surface area contributed by atoms with Crippen LogP contribution in [0, 0.1) is 0 Å². The van der Waals surface area contributed by atoms with Gasteiger partial charge in [-0.15, -0.1) is 0 Å². The third-order valence-electron chi connectivity index (χ3n) is 2.53. The number of rotatable bonds is 5. The van der Waals surface area contributed by atoms with Crippen molar-refractivity contribution in [3.63, 3.8) is 0 Å². The van der Waals surface area contributed by atoms with E-state index in [1.807, 2.05) is 37.3 Å². The molecule has 1 aromatic carbocycles. The van der Waals surface area contributed by atoms with Gasteiger partial charge in [0.15, 0.2) is 0 Å². The van der Waals surface area contributed by atoms with Crippen molar-refractivity contribution in [1.82, 2.24) is 0 Å². The Bertz CT molecular complexity index is 417. The molecule has 0 bridgehead atoms. The van der Waals surface area contributed by atoms with Crippen molar-refractivity contribution in [3.05, 3.63) is 35.9 Å². The number of benzene rings is 1. The van der Waals surface area contributed by atoms with E-state index in [-0.39, 0.29) is 5.25 Å². The van der Waals surface area contributed by atoms with Crippen molar-refractivity contribution in [3.8, 4) is 0 Å². The molecule has 0 saturated heterocycles. The monoisotopic (exact) mass is 259 g/mol. The maximum absolute atomic E-state index is 11.1. The minimum atomic E-state index is -3.43. The Morgan fingerprint density at radius 2 is 1.81 bits per heavy atom. The molecule has 0 heterocycles. The van der Waals surface area contributed by atoms with Crippen LogP contribution in [0.1, 0.15) is 19.4 Å². The fourth-order valence-corrected chi connectivity index (χ4v) is 3.36. The summed E-state index contributed by atoms with van der Waals surface area (Å²) in [7, 11) is -3.43. The summed E-state index contributed by atoms with van der Waals surface area (Å²) in [5.41, 5.74) is 1.20. The summed E-state index contributed by atoms with van der Waals surface area (Å²) in [4.78, 5) is 0. The quantitative estimate of drug-likeness (QED) is 0.879. The Hall–Kier alpha value is -0.520. The molecular formula is C11H17NO2S2. The zero-order valence-corrected chi connectivity index (χ0v) is 11.1. The molecule has 0 fully saturated rings. The van der Waals surface area contributed by atoms with Crippen LogP contribution < -0.4 is 5.14 Å². The highest BCUT2D eigenvalue weighted by Gasteiger charge is 2.22. The molecule has 0 saturated carbocycles. The molecule has 1 rings (SSSR count). The molecule has 0 aliphatic carbocycles. The van der Waals surface area contributed by atoms with E-state index in [0.717, 1.165) is 5.75 Å². The van der Waals surface area contributed by atoms with Crippen molar-refractivity contribution in [2.24, 2.45) is 5.14 Å². The van der Waals surface area contributed by atoms with Gasteiger partial charge in [0, 0.05) is 11.0 Å². The predicted octanol–water partition coefficient (Wildman–Crippen LogP) is 1.99. The van der Waals surface area contributed by atoms with Crippen LogP contribution in [-0.4, -0.2) is 18.9 Å². The third kappa shape index (κ3) is 4.15. The number of hydrogen-bond donors (Lipinski definition) is 1. The lowest BCUT2D eigenvalue weighted by Crippen LogP contribution is -2.32. The summed E-state index contributed by atoms with van der Waals surface area (Å²) in [5.74, 6) is 0.807. The molecule has 2 unspecified atom stereocenters. The highest BCUT2D eigenvalue weighted by atomic mass is 32.2. The summed E-state index contributed by atoms with van der Waals surface area (Å²) >= 11 is 1.61. The van der Waals surface area contributed by atoms with Crippen molar-refractivity contribution >= 4 is 21.8 Å². The van der Waals surface area contributed by atoms with Gasteiger partial charge in [-0.2, -0.15) is 11.8 Å². The second-order valence-electron chi connectivity index (χ2n) is 3.80. The Morgan fingerprint density at radius 3 is 2.31 bits per heavy atom. The van der Waals surface area contributed by atoms with E-state index in [1.165, 1.54) is 5.56 Å².